The van der Waals surface area contributed by atoms with Crippen molar-refractivity contribution < 1.29 is 14.3 Å². The molecule has 2 rings (SSSR count). The summed E-state index contributed by atoms with van der Waals surface area (Å²) >= 11 is 5.17. The molecule has 2 amide bonds. The monoisotopic (exact) mass is 278 g/mol. The zero-order chi connectivity index (χ0) is 14.0. The van der Waals surface area contributed by atoms with Gasteiger partial charge in [0.15, 0.2) is 5.11 Å². The molecule has 19 heavy (non-hydrogen) atoms. The van der Waals surface area contributed by atoms with Crippen LogP contribution in [0.5, 0.6) is 0 Å². The molecule has 0 saturated carbocycles. The molecule has 5 nitrogen and oxygen atoms in total. The van der Waals surface area contributed by atoms with Gasteiger partial charge >= 0.3 is 6.09 Å². The highest BCUT2D eigenvalue weighted by molar-refractivity contribution is 7.80. The highest BCUT2D eigenvalue weighted by Gasteiger charge is 2.38. The van der Waals surface area contributed by atoms with Gasteiger partial charge in [-0.1, -0.05) is 17.7 Å². The van der Waals surface area contributed by atoms with Crippen LogP contribution in [0, 0.1) is 6.92 Å². The minimum absolute atomic E-state index is 0.0563. The van der Waals surface area contributed by atoms with Crippen LogP contribution in [0.2, 0.25) is 0 Å². The van der Waals surface area contributed by atoms with Crippen LogP contribution in [0.3, 0.4) is 0 Å². The number of rotatable bonds is 2. The molecule has 1 aliphatic rings. The number of carbonyl (C=O) groups is 2. The molecule has 1 fully saturated rings. The Balaban J connectivity index is 2.22. The van der Waals surface area contributed by atoms with Crippen molar-refractivity contribution >= 4 is 35.0 Å². The van der Waals surface area contributed by atoms with Crippen LogP contribution in [-0.4, -0.2) is 35.2 Å². The van der Waals surface area contributed by atoms with E-state index in [0.29, 0.717) is 0 Å². The standard InChI is InChI=1S/C13H14N2O3S/c1-3-18-13(17)15-11(16)8-14(12(15)19)10-6-4-9(2)5-7-10/h4-7H,3,8H2,1-2H3. The maximum absolute atomic E-state index is 11.8. The minimum Gasteiger partial charge on any atom is -0.449 e. The fourth-order valence-corrected chi connectivity index (χ4v) is 2.14. The van der Waals surface area contributed by atoms with Gasteiger partial charge in [0.05, 0.1) is 6.61 Å². The average Bonchev–Trinajstić information content (AvgIpc) is 2.66. The molecule has 0 atom stereocenters. The lowest BCUT2D eigenvalue weighted by Gasteiger charge is -2.18. The van der Waals surface area contributed by atoms with Crippen molar-refractivity contribution in [3.63, 3.8) is 0 Å². The number of anilines is 1. The number of hydrogen-bond donors (Lipinski definition) is 0. The van der Waals surface area contributed by atoms with Gasteiger partial charge in [-0.3, -0.25) is 4.79 Å². The highest BCUT2D eigenvalue weighted by atomic mass is 32.1. The smallest absolute Gasteiger partial charge is 0.423 e. The second-order valence-electron chi connectivity index (χ2n) is 4.13. The van der Waals surface area contributed by atoms with Crippen LogP contribution in [0.4, 0.5) is 10.5 Å². The van der Waals surface area contributed by atoms with Crippen molar-refractivity contribution in [1.29, 1.82) is 0 Å². The zero-order valence-electron chi connectivity index (χ0n) is 10.8. The lowest BCUT2D eigenvalue weighted by molar-refractivity contribution is -0.123. The Morgan fingerprint density at radius 1 is 1.37 bits per heavy atom. The first-order valence-corrected chi connectivity index (χ1v) is 6.33. The lowest BCUT2D eigenvalue weighted by Crippen LogP contribution is -2.38. The van der Waals surface area contributed by atoms with E-state index in [-0.39, 0.29) is 24.2 Å². The highest BCUT2D eigenvalue weighted by Crippen LogP contribution is 2.22. The molecule has 0 aliphatic carbocycles. The first-order valence-electron chi connectivity index (χ1n) is 5.92. The summed E-state index contributed by atoms with van der Waals surface area (Å²) in [5.74, 6) is -0.371. The van der Waals surface area contributed by atoms with Crippen molar-refractivity contribution in [3.05, 3.63) is 29.8 Å². The summed E-state index contributed by atoms with van der Waals surface area (Å²) < 4.78 is 4.82. The first kappa shape index (κ1) is 13.5. The molecule has 0 radical (unpaired) electrons. The Morgan fingerprint density at radius 3 is 2.58 bits per heavy atom. The van der Waals surface area contributed by atoms with Gasteiger partial charge in [0.25, 0.3) is 5.91 Å². The molecule has 0 aromatic heterocycles. The number of hydrogen-bond acceptors (Lipinski definition) is 4. The van der Waals surface area contributed by atoms with Crippen LogP contribution >= 0.6 is 12.2 Å². The van der Waals surface area contributed by atoms with E-state index in [9.17, 15) is 9.59 Å². The molecule has 1 saturated heterocycles. The van der Waals surface area contributed by atoms with Crippen LogP contribution in [0.25, 0.3) is 0 Å². The molecular weight excluding hydrogens is 264 g/mol. The van der Waals surface area contributed by atoms with E-state index in [0.717, 1.165) is 16.2 Å². The summed E-state index contributed by atoms with van der Waals surface area (Å²) in [4.78, 5) is 26.0. The zero-order valence-corrected chi connectivity index (χ0v) is 11.6. The fraction of sp³-hybridized carbons (Fsp3) is 0.308. The number of benzene rings is 1. The lowest BCUT2D eigenvalue weighted by atomic mass is 10.2. The number of ether oxygens (including phenoxy) is 1. The Bertz CT molecular complexity index is 527. The predicted molar refractivity (Wildman–Crippen MR) is 75.0 cm³/mol. The van der Waals surface area contributed by atoms with E-state index in [1.54, 1.807) is 11.8 Å². The topological polar surface area (TPSA) is 49.9 Å². The normalized spacial score (nSPS) is 15.1. The minimum atomic E-state index is -0.716. The molecule has 0 bridgehead atoms. The van der Waals surface area contributed by atoms with E-state index < -0.39 is 6.09 Å². The van der Waals surface area contributed by atoms with E-state index in [2.05, 4.69) is 0 Å². The Hall–Kier alpha value is -1.95. The molecular formula is C13H14N2O3S. The molecule has 0 spiro atoms. The third-order valence-corrected chi connectivity index (χ3v) is 3.16. The number of carbonyl (C=O) groups excluding carboxylic acids is 2. The van der Waals surface area contributed by atoms with E-state index >= 15 is 0 Å². The second-order valence-corrected chi connectivity index (χ2v) is 4.50. The number of imide groups is 1. The summed E-state index contributed by atoms with van der Waals surface area (Å²) in [5.41, 5.74) is 1.90. The van der Waals surface area contributed by atoms with Gasteiger partial charge < -0.3 is 9.64 Å². The summed E-state index contributed by atoms with van der Waals surface area (Å²) in [5, 5.41) is 0.160. The van der Waals surface area contributed by atoms with Crippen LogP contribution in [0.15, 0.2) is 24.3 Å². The second kappa shape index (κ2) is 5.36. The van der Waals surface area contributed by atoms with Gasteiger partial charge in [0.2, 0.25) is 0 Å². The number of thiocarbonyl (C=S) groups is 1. The molecule has 1 aliphatic heterocycles. The number of nitrogens with zero attached hydrogens (tertiary/aromatic N) is 2. The Morgan fingerprint density at radius 2 is 2.00 bits per heavy atom. The van der Waals surface area contributed by atoms with Crippen LogP contribution in [0.1, 0.15) is 12.5 Å². The van der Waals surface area contributed by atoms with E-state index in [1.807, 2.05) is 31.2 Å². The maximum atomic E-state index is 11.8. The number of amides is 2. The van der Waals surface area contributed by atoms with Crippen molar-refractivity contribution in [2.45, 2.75) is 13.8 Å². The van der Waals surface area contributed by atoms with Gasteiger partial charge in [-0.2, -0.15) is 4.90 Å². The first-order chi connectivity index (χ1) is 9.04. The van der Waals surface area contributed by atoms with E-state index in [1.165, 1.54) is 0 Å². The van der Waals surface area contributed by atoms with Crippen LogP contribution < -0.4 is 4.90 Å². The van der Waals surface area contributed by atoms with Gasteiger partial charge in [0.1, 0.15) is 6.54 Å². The quantitative estimate of drug-likeness (QED) is 0.775. The number of aryl methyl sites for hydroxylation is 1. The van der Waals surface area contributed by atoms with E-state index in [4.69, 9.17) is 17.0 Å². The molecule has 1 heterocycles. The fourth-order valence-electron chi connectivity index (χ4n) is 1.80. The van der Waals surface area contributed by atoms with Crippen molar-refractivity contribution in [1.82, 2.24) is 4.90 Å². The summed E-state index contributed by atoms with van der Waals surface area (Å²) in [7, 11) is 0. The average molecular weight is 278 g/mol. The Labute approximate surface area is 116 Å². The summed E-state index contributed by atoms with van der Waals surface area (Å²) in [6.07, 6.45) is -0.716. The van der Waals surface area contributed by atoms with Gasteiger partial charge in [0, 0.05) is 5.69 Å². The van der Waals surface area contributed by atoms with Crippen molar-refractivity contribution in [2.75, 3.05) is 18.1 Å². The van der Waals surface area contributed by atoms with Crippen molar-refractivity contribution in [3.8, 4) is 0 Å². The third-order valence-electron chi connectivity index (χ3n) is 2.76. The van der Waals surface area contributed by atoms with Gasteiger partial charge in [-0.15, -0.1) is 0 Å². The predicted octanol–water partition coefficient (Wildman–Crippen LogP) is 2.09. The molecule has 1 aromatic carbocycles. The molecule has 0 unspecified atom stereocenters. The molecule has 100 valence electrons. The van der Waals surface area contributed by atoms with Crippen molar-refractivity contribution in [2.24, 2.45) is 0 Å². The molecule has 1 aromatic rings. The third kappa shape index (κ3) is 2.58. The maximum Gasteiger partial charge on any atom is 0.423 e. The largest absolute Gasteiger partial charge is 0.449 e. The summed E-state index contributed by atoms with van der Waals surface area (Å²) in [6, 6.07) is 7.58. The molecule has 0 N–H and O–H groups in total. The SMILES string of the molecule is CCOC(=O)N1C(=O)CN(c2ccc(C)cc2)C1=S. The van der Waals surface area contributed by atoms with Gasteiger partial charge in [-0.25, -0.2) is 4.79 Å². The van der Waals surface area contributed by atoms with Gasteiger partial charge in [-0.05, 0) is 38.2 Å². The summed E-state index contributed by atoms with van der Waals surface area (Å²) in [6.45, 7) is 3.91. The Kier molecular flexibility index (Phi) is 3.80. The molecule has 6 heteroatoms. The van der Waals surface area contributed by atoms with Crippen LogP contribution in [-0.2, 0) is 9.53 Å².